The number of hydrogen-bond donors (Lipinski definition) is 2. The van der Waals surface area contributed by atoms with Crippen molar-refractivity contribution in [3.63, 3.8) is 0 Å². The first-order valence-electron chi connectivity index (χ1n) is 9.49. The number of guanidine groups is 1. The largest absolute Gasteiger partial charge is 0.356 e. The van der Waals surface area contributed by atoms with Gasteiger partial charge in [-0.05, 0) is 31.0 Å². The van der Waals surface area contributed by atoms with Gasteiger partial charge in [0.15, 0.2) is 5.96 Å². The molecule has 160 valence electrons. The van der Waals surface area contributed by atoms with Crippen LogP contribution in [0.5, 0.6) is 0 Å². The van der Waals surface area contributed by atoms with Crippen molar-refractivity contribution < 1.29 is 8.42 Å². The molecule has 0 bridgehead atoms. The first-order valence-corrected chi connectivity index (χ1v) is 11.3. The van der Waals surface area contributed by atoms with Gasteiger partial charge in [-0.3, -0.25) is 0 Å². The third-order valence-corrected chi connectivity index (χ3v) is 5.65. The van der Waals surface area contributed by atoms with Crippen LogP contribution in [-0.4, -0.2) is 44.6 Å². The van der Waals surface area contributed by atoms with Crippen molar-refractivity contribution in [2.75, 3.05) is 31.2 Å². The molecule has 0 aliphatic rings. The zero-order chi connectivity index (χ0) is 20.4. The van der Waals surface area contributed by atoms with Gasteiger partial charge >= 0.3 is 0 Å². The Kier molecular flexibility index (Phi) is 11.2. The number of rotatable bonds is 9. The van der Waals surface area contributed by atoms with E-state index in [1.807, 2.05) is 37.3 Å². The van der Waals surface area contributed by atoms with Gasteiger partial charge in [0, 0.05) is 25.3 Å². The van der Waals surface area contributed by atoms with Gasteiger partial charge in [-0.1, -0.05) is 55.0 Å². The van der Waals surface area contributed by atoms with Crippen LogP contribution < -0.4 is 10.6 Å². The highest BCUT2D eigenvalue weighted by Gasteiger charge is 2.13. The van der Waals surface area contributed by atoms with E-state index in [-0.39, 0.29) is 24.0 Å². The smallest absolute Gasteiger partial charge is 0.211 e. The topological polar surface area (TPSA) is 73.8 Å². The molecule has 0 heterocycles. The number of benzene rings is 2. The molecule has 0 atom stereocenters. The summed E-state index contributed by atoms with van der Waals surface area (Å²) in [6.07, 6.45) is 1.94. The second-order valence-electron chi connectivity index (χ2n) is 6.68. The fraction of sp³-hybridized carbons (Fsp3) is 0.381. The summed E-state index contributed by atoms with van der Waals surface area (Å²) < 4.78 is 24.8. The van der Waals surface area contributed by atoms with Crippen LogP contribution in [0.4, 0.5) is 5.69 Å². The molecular weight excluding hydrogens is 499 g/mol. The monoisotopic (exact) mass is 530 g/mol. The summed E-state index contributed by atoms with van der Waals surface area (Å²) in [7, 11) is -3.15. The minimum atomic E-state index is -3.15. The predicted octanol–water partition coefficient (Wildman–Crippen LogP) is 3.84. The minimum absolute atomic E-state index is 0. The molecule has 0 spiro atoms. The standard InChI is InChI=1S/C21H30N4O2S.HI/c1-4-25(28(3,26)27)16-8-15-22-21(24-20-9-6-5-7-10-20)23-17-19-13-11-18(2)12-14-19;/h5-7,9-14H,4,8,15-17H2,1-3H3,(H2,22,23,24);1H. The van der Waals surface area contributed by atoms with Crippen molar-refractivity contribution in [3.05, 3.63) is 65.7 Å². The quantitative estimate of drug-likeness (QED) is 0.224. The first-order chi connectivity index (χ1) is 13.4. The van der Waals surface area contributed by atoms with Crippen molar-refractivity contribution in [2.45, 2.75) is 26.8 Å². The summed E-state index contributed by atoms with van der Waals surface area (Å²) >= 11 is 0. The van der Waals surface area contributed by atoms with E-state index < -0.39 is 10.0 Å². The molecule has 0 fully saturated rings. The number of sulfonamides is 1. The van der Waals surface area contributed by atoms with Crippen LogP contribution in [0.1, 0.15) is 24.5 Å². The molecule has 2 aromatic carbocycles. The maximum atomic E-state index is 11.7. The van der Waals surface area contributed by atoms with Crippen molar-refractivity contribution in [1.29, 1.82) is 0 Å². The molecule has 0 saturated carbocycles. The maximum Gasteiger partial charge on any atom is 0.211 e. The Morgan fingerprint density at radius 3 is 2.31 bits per heavy atom. The molecule has 0 radical (unpaired) electrons. The lowest BCUT2D eigenvalue weighted by Crippen LogP contribution is -2.35. The zero-order valence-corrected chi connectivity index (χ0v) is 20.4. The molecule has 0 aromatic heterocycles. The first kappa shape index (κ1) is 25.4. The minimum Gasteiger partial charge on any atom is -0.356 e. The molecule has 2 rings (SSSR count). The number of hydrogen-bond acceptors (Lipinski definition) is 3. The number of para-hydroxylation sites is 1. The molecule has 2 aromatic rings. The highest BCUT2D eigenvalue weighted by atomic mass is 127. The summed E-state index contributed by atoms with van der Waals surface area (Å²) in [5.74, 6) is 0.675. The van der Waals surface area contributed by atoms with Crippen LogP contribution in [0, 0.1) is 6.92 Å². The Balaban J connectivity index is 0.00000420. The second kappa shape index (κ2) is 12.8. The fourth-order valence-electron chi connectivity index (χ4n) is 2.68. The number of aryl methyl sites for hydroxylation is 1. The Bertz CT molecular complexity index is 856. The Morgan fingerprint density at radius 1 is 1.07 bits per heavy atom. The van der Waals surface area contributed by atoms with E-state index in [1.54, 1.807) is 0 Å². The fourth-order valence-corrected chi connectivity index (χ4v) is 3.61. The maximum absolute atomic E-state index is 11.7. The zero-order valence-electron chi connectivity index (χ0n) is 17.3. The summed E-state index contributed by atoms with van der Waals surface area (Å²) in [6, 6.07) is 18.1. The van der Waals surface area contributed by atoms with Gasteiger partial charge in [0.05, 0.1) is 12.8 Å². The number of halogens is 1. The molecule has 2 N–H and O–H groups in total. The number of aliphatic imine (C=N–C) groups is 1. The normalized spacial score (nSPS) is 11.8. The molecule has 0 saturated heterocycles. The van der Waals surface area contributed by atoms with Crippen LogP contribution in [-0.2, 0) is 16.6 Å². The van der Waals surface area contributed by atoms with Crippen molar-refractivity contribution >= 4 is 45.6 Å². The Labute approximate surface area is 191 Å². The van der Waals surface area contributed by atoms with E-state index in [2.05, 4.69) is 46.8 Å². The third kappa shape index (κ3) is 9.60. The lowest BCUT2D eigenvalue weighted by Gasteiger charge is -2.18. The summed E-state index contributed by atoms with van der Waals surface area (Å²) in [6.45, 7) is 6.06. The summed E-state index contributed by atoms with van der Waals surface area (Å²) in [5.41, 5.74) is 3.30. The molecule has 6 nitrogen and oxygen atoms in total. The van der Waals surface area contributed by atoms with Gasteiger partial charge in [0.25, 0.3) is 0 Å². The third-order valence-electron chi connectivity index (χ3n) is 4.28. The SMILES string of the molecule is CCN(CCCNC(=NCc1ccc(C)cc1)Nc1ccccc1)S(C)(=O)=O.I. The van der Waals surface area contributed by atoms with Crippen molar-refractivity contribution in [1.82, 2.24) is 9.62 Å². The molecule has 8 heteroatoms. The van der Waals surface area contributed by atoms with Crippen LogP contribution in [0.3, 0.4) is 0 Å². The van der Waals surface area contributed by atoms with Crippen LogP contribution >= 0.6 is 24.0 Å². The number of anilines is 1. The number of nitrogens with one attached hydrogen (secondary N) is 2. The van der Waals surface area contributed by atoms with Gasteiger partial charge in [-0.25, -0.2) is 17.7 Å². The van der Waals surface area contributed by atoms with Crippen LogP contribution in [0.15, 0.2) is 59.6 Å². The summed E-state index contributed by atoms with van der Waals surface area (Å²) in [5, 5.41) is 6.60. The van der Waals surface area contributed by atoms with Crippen LogP contribution in [0.25, 0.3) is 0 Å². The lowest BCUT2D eigenvalue weighted by molar-refractivity contribution is 0.424. The second-order valence-corrected chi connectivity index (χ2v) is 8.66. The molecular formula is C21H31IN4O2S. The highest BCUT2D eigenvalue weighted by molar-refractivity contribution is 14.0. The predicted molar refractivity (Wildman–Crippen MR) is 133 cm³/mol. The number of nitrogens with zero attached hydrogens (tertiary/aromatic N) is 2. The Morgan fingerprint density at radius 2 is 1.72 bits per heavy atom. The molecule has 0 aliphatic carbocycles. The molecule has 0 aliphatic heterocycles. The van der Waals surface area contributed by atoms with Gasteiger partial charge < -0.3 is 10.6 Å². The average molecular weight is 530 g/mol. The van der Waals surface area contributed by atoms with Gasteiger partial charge in [-0.15, -0.1) is 24.0 Å². The highest BCUT2D eigenvalue weighted by Crippen LogP contribution is 2.07. The lowest BCUT2D eigenvalue weighted by atomic mass is 10.1. The van der Waals surface area contributed by atoms with E-state index in [4.69, 9.17) is 0 Å². The van der Waals surface area contributed by atoms with Crippen molar-refractivity contribution in [3.8, 4) is 0 Å². The van der Waals surface area contributed by atoms with Crippen molar-refractivity contribution in [2.24, 2.45) is 4.99 Å². The average Bonchev–Trinajstić information content (AvgIpc) is 2.67. The van der Waals surface area contributed by atoms with E-state index in [9.17, 15) is 8.42 Å². The van der Waals surface area contributed by atoms with Gasteiger partial charge in [-0.2, -0.15) is 0 Å². The van der Waals surface area contributed by atoms with Gasteiger partial charge in [0.1, 0.15) is 0 Å². The molecule has 0 unspecified atom stereocenters. The van der Waals surface area contributed by atoms with E-state index in [0.717, 1.165) is 11.3 Å². The van der Waals surface area contributed by atoms with Crippen LogP contribution in [0.2, 0.25) is 0 Å². The molecule has 29 heavy (non-hydrogen) atoms. The van der Waals surface area contributed by atoms with Gasteiger partial charge in [0.2, 0.25) is 10.0 Å². The van der Waals surface area contributed by atoms with E-state index in [1.165, 1.54) is 16.1 Å². The summed E-state index contributed by atoms with van der Waals surface area (Å²) in [4.78, 5) is 4.67. The van der Waals surface area contributed by atoms with E-state index in [0.29, 0.717) is 38.6 Å². The Hall–Kier alpha value is -1.65. The molecule has 0 amide bonds. The van der Waals surface area contributed by atoms with E-state index >= 15 is 0 Å².